The zero-order valence-corrected chi connectivity index (χ0v) is 12.9. The minimum Gasteiger partial charge on any atom is -0.345 e. The largest absolute Gasteiger partial charge is 0.345 e. The number of carbonyl (C=O) groups excluding carboxylic acids is 1. The van der Waals surface area contributed by atoms with Gasteiger partial charge in [-0.2, -0.15) is 0 Å². The second kappa shape index (κ2) is 7.71. The quantitative estimate of drug-likeness (QED) is 0.888. The lowest BCUT2D eigenvalue weighted by molar-refractivity contribution is 0.0932. The van der Waals surface area contributed by atoms with Crippen LogP contribution in [0.2, 0.25) is 0 Å². The van der Waals surface area contributed by atoms with E-state index in [9.17, 15) is 9.18 Å². The molecule has 2 aromatic carbocycles. The number of rotatable bonds is 6. The molecule has 0 aliphatic rings. The summed E-state index contributed by atoms with van der Waals surface area (Å²) in [7, 11) is 3.97. The molecule has 0 aliphatic carbocycles. The van der Waals surface area contributed by atoms with Crippen LogP contribution in [-0.2, 0) is 0 Å². The molecule has 0 radical (unpaired) electrons. The average molecular weight is 300 g/mol. The van der Waals surface area contributed by atoms with Crippen LogP contribution in [-0.4, -0.2) is 31.4 Å². The number of hydrogen-bond acceptors (Lipinski definition) is 2. The Morgan fingerprint density at radius 3 is 2.32 bits per heavy atom. The third kappa shape index (κ3) is 4.67. The molecule has 0 aromatic heterocycles. The van der Waals surface area contributed by atoms with E-state index in [0.29, 0.717) is 5.56 Å². The highest BCUT2D eigenvalue weighted by Crippen LogP contribution is 2.18. The highest BCUT2D eigenvalue weighted by Gasteiger charge is 2.16. The molecule has 0 bridgehead atoms. The van der Waals surface area contributed by atoms with Crippen LogP contribution in [0.4, 0.5) is 4.39 Å². The predicted molar refractivity (Wildman–Crippen MR) is 86.2 cm³/mol. The van der Waals surface area contributed by atoms with Gasteiger partial charge in [0.05, 0.1) is 6.04 Å². The number of hydrogen-bond donors (Lipinski definition) is 1. The minimum absolute atomic E-state index is 0.117. The molecular weight excluding hydrogens is 279 g/mol. The van der Waals surface area contributed by atoms with Gasteiger partial charge in [-0.05, 0) is 56.9 Å². The van der Waals surface area contributed by atoms with E-state index in [-0.39, 0.29) is 17.8 Å². The Morgan fingerprint density at radius 2 is 1.73 bits per heavy atom. The summed E-state index contributed by atoms with van der Waals surface area (Å²) in [5, 5.41) is 3.04. The Morgan fingerprint density at radius 1 is 1.09 bits per heavy atom. The molecule has 2 aromatic rings. The van der Waals surface area contributed by atoms with Gasteiger partial charge in [0, 0.05) is 5.56 Å². The van der Waals surface area contributed by atoms with Gasteiger partial charge in [0.2, 0.25) is 0 Å². The number of amides is 1. The maximum absolute atomic E-state index is 13.1. The summed E-state index contributed by atoms with van der Waals surface area (Å²) in [4.78, 5) is 14.4. The van der Waals surface area contributed by atoms with Gasteiger partial charge >= 0.3 is 0 Å². The number of benzene rings is 2. The van der Waals surface area contributed by atoms with Gasteiger partial charge in [0.15, 0.2) is 0 Å². The first-order chi connectivity index (χ1) is 10.6. The molecule has 1 atom stereocenters. The van der Waals surface area contributed by atoms with Gasteiger partial charge in [0.1, 0.15) is 5.82 Å². The average Bonchev–Trinajstić information content (AvgIpc) is 2.53. The van der Waals surface area contributed by atoms with E-state index in [0.717, 1.165) is 18.5 Å². The molecule has 0 fully saturated rings. The van der Waals surface area contributed by atoms with Gasteiger partial charge in [-0.3, -0.25) is 4.79 Å². The second-order valence-corrected chi connectivity index (χ2v) is 5.54. The second-order valence-electron chi connectivity index (χ2n) is 5.54. The summed E-state index contributed by atoms with van der Waals surface area (Å²) < 4.78 is 13.1. The normalized spacial score (nSPS) is 12.2. The highest BCUT2D eigenvalue weighted by atomic mass is 19.1. The van der Waals surface area contributed by atoms with Crippen molar-refractivity contribution in [3.05, 3.63) is 71.5 Å². The molecule has 0 aliphatic heterocycles. The molecule has 1 unspecified atom stereocenters. The third-order valence-corrected chi connectivity index (χ3v) is 3.48. The fraction of sp³-hybridized carbons (Fsp3) is 0.278. The van der Waals surface area contributed by atoms with Crippen molar-refractivity contribution in [1.29, 1.82) is 0 Å². The molecule has 2 rings (SSSR count). The Bertz CT molecular complexity index is 596. The predicted octanol–water partition coefficient (Wildman–Crippen LogP) is 3.25. The van der Waals surface area contributed by atoms with Gasteiger partial charge in [-0.15, -0.1) is 0 Å². The molecule has 22 heavy (non-hydrogen) atoms. The van der Waals surface area contributed by atoms with Crippen LogP contribution < -0.4 is 5.32 Å². The molecule has 0 saturated heterocycles. The zero-order chi connectivity index (χ0) is 15.9. The Labute approximate surface area is 130 Å². The smallest absolute Gasteiger partial charge is 0.251 e. The van der Waals surface area contributed by atoms with Crippen molar-refractivity contribution in [1.82, 2.24) is 10.2 Å². The lowest BCUT2D eigenvalue weighted by atomic mass is 10.0. The number of nitrogens with zero attached hydrogens (tertiary/aromatic N) is 1. The van der Waals surface area contributed by atoms with Crippen molar-refractivity contribution in [2.45, 2.75) is 12.5 Å². The van der Waals surface area contributed by atoms with Crippen molar-refractivity contribution < 1.29 is 9.18 Å². The van der Waals surface area contributed by atoms with Crippen molar-refractivity contribution >= 4 is 5.91 Å². The minimum atomic E-state index is -0.274. The summed E-state index contributed by atoms with van der Waals surface area (Å²) >= 11 is 0. The first-order valence-corrected chi connectivity index (χ1v) is 7.32. The highest BCUT2D eigenvalue weighted by molar-refractivity contribution is 5.94. The Kier molecular flexibility index (Phi) is 5.67. The van der Waals surface area contributed by atoms with E-state index in [1.807, 2.05) is 32.3 Å². The van der Waals surface area contributed by atoms with E-state index in [2.05, 4.69) is 10.2 Å². The van der Waals surface area contributed by atoms with E-state index < -0.39 is 0 Å². The molecule has 116 valence electrons. The summed E-state index contributed by atoms with van der Waals surface area (Å²) in [6.45, 7) is 0.830. The number of nitrogens with one attached hydrogen (secondary N) is 1. The summed E-state index contributed by atoms with van der Waals surface area (Å²) in [5.41, 5.74) is 1.53. The molecule has 1 amide bonds. The van der Waals surface area contributed by atoms with Crippen LogP contribution in [0.1, 0.15) is 28.4 Å². The van der Waals surface area contributed by atoms with Gasteiger partial charge in [-0.25, -0.2) is 4.39 Å². The third-order valence-electron chi connectivity index (χ3n) is 3.48. The zero-order valence-electron chi connectivity index (χ0n) is 12.9. The van der Waals surface area contributed by atoms with Crippen LogP contribution in [0.25, 0.3) is 0 Å². The summed E-state index contributed by atoms with van der Waals surface area (Å²) in [6.07, 6.45) is 0.761. The molecular formula is C18H21FN2O. The van der Waals surface area contributed by atoms with Crippen molar-refractivity contribution in [3.8, 4) is 0 Å². The topological polar surface area (TPSA) is 32.3 Å². The molecule has 0 heterocycles. The summed E-state index contributed by atoms with van der Waals surface area (Å²) in [5.74, 6) is -0.391. The lowest BCUT2D eigenvalue weighted by Crippen LogP contribution is -2.31. The molecule has 3 nitrogen and oxygen atoms in total. The van der Waals surface area contributed by atoms with Crippen molar-refractivity contribution in [2.75, 3.05) is 20.6 Å². The number of carbonyl (C=O) groups is 1. The first-order valence-electron chi connectivity index (χ1n) is 7.32. The molecule has 4 heteroatoms. The van der Waals surface area contributed by atoms with E-state index in [4.69, 9.17) is 0 Å². The maximum atomic E-state index is 13.1. The number of halogens is 1. The standard InChI is InChI=1S/C18H21FN2O/c1-21(2)13-12-17(14-8-10-16(19)11-9-14)20-18(22)15-6-4-3-5-7-15/h3-11,17H,12-13H2,1-2H3,(H,20,22). The van der Waals surface area contributed by atoms with Crippen LogP contribution in [0.3, 0.4) is 0 Å². The molecule has 1 N–H and O–H groups in total. The van der Waals surface area contributed by atoms with Crippen LogP contribution in [0.5, 0.6) is 0 Å². The van der Waals surface area contributed by atoms with Crippen LogP contribution >= 0.6 is 0 Å². The first kappa shape index (κ1) is 16.2. The van der Waals surface area contributed by atoms with E-state index >= 15 is 0 Å². The fourth-order valence-electron chi connectivity index (χ4n) is 2.24. The van der Waals surface area contributed by atoms with E-state index in [1.165, 1.54) is 12.1 Å². The van der Waals surface area contributed by atoms with Crippen molar-refractivity contribution in [3.63, 3.8) is 0 Å². The molecule has 0 saturated carbocycles. The molecule has 0 spiro atoms. The van der Waals surface area contributed by atoms with Gasteiger partial charge in [0.25, 0.3) is 5.91 Å². The summed E-state index contributed by atoms with van der Waals surface area (Å²) in [6, 6.07) is 15.3. The Hall–Kier alpha value is -2.20. The fourth-order valence-corrected chi connectivity index (χ4v) is 2.24. The lowest BCUT2D eigenvalue weighted by Gasteiger charge is -2.21. The van der Waals surface area contributed by atoms with Crippen LogP contribution in [0.15, 0.2) is 54.6 Å². The van der Waals surface area contributed by atoms with Crippen molar-refractivity contribution in [2.24, 2.45) is 0 Å². The monoisotopic (exact) mass is 300 g/mol. The van der Waals surface area contributed by atoms with Crippen LogP contribution in [0, 0.1) is 5.82 Å². The van der Waals surface area contributed by atoms with E-state index in [1.54, 1.807) is 24.3 Å². The van der Waals surface area contributed by atoms with Gasteiger partial charge in [-0.1, -0.05) is 30.3 Å². The van der Waals surface area contributed by atoms with Gasteiger partial charge < -0.3 is 10.2 Å². The maximum Gasteiger partial charge on any atom is 0.251 e. The SMILES string of the molecule is CN(C)CCC(NC(=O)c1ccccc1)c1ccc(F)cc1. The Balaban J connectivity index is 2.13.